The topological polar surface area (TPSA) is 46.3 Å². The fourth-order valence-electron chi connectivity index (χ4n) is 1.97. The lowest BCUT2D eigenvalue weighted by Crippen LogP contribution is -2.30. The number of halogens is 1. The molecule has 4 heteroatoms. The maximum Gasteiger partial charge on any atom is 0.254 e. The van der Waals surface area contributed by atoms with Crippen molar-refractivity contribution in [2.45, 2.75) is 13.5 Å². The summed E-state index contributed by atoms with van der Waals surface area (Å²) in [7, 11) is 0. The van der Waals surface area contributed by atoms with Gasteiger partial charge in [-0.25, -0.2) is 0 Å². The van der Waals surface area contributed by atoms with Gasteiger partial charge in [-0.15, -0.1) is 0 Å². The van der Waals surface area contributed by atoms with Crippen molar-refractivity contribution in [2.24, 2.45) is 0 Å². The summed E-state index contributed by atoms with van der Waals surface area (Å²) in [5.41, 5.74) is 7.80. The number of hydrogen-bond acceptors (Lipinski definition) is 2. The van der Waals surface area contributed by atoms with Crippen molar-refractivity contribution >= 4 is 23.2 Å². The quantitative estimate of drug-likeness (QED) is 0.874. The average molecular weight is 289 g/mol. The molecule has 104 valence electrons. The van der Waals surface area contributed by atoms with Gasteiger partial charge in [-0.2, -0.15) is 0 Å². The van der Waals surface area contributed by atoms with Crippen molar-refractivity contribution < 1.29 is 4.79 Å². The number of carbonyl (C=O) groups excluding carboxylic acids is 1. The minimum Gasteiger partial charge on any atom is -0.398 e. The van der Waals surface area contributed by atoms with Gasteiger partial charge in [-0.3, -0.25) is 4.79 Å². The van der Waals surface area contributed by atoms with Crippen LogP contribution in [0.4, 0.5) is 5.69 Å². The third-order valence-electron chi connectivity index (χ3n) is 3.13. The molecule has 2 aromatic carbocycles. The Labute approximate surface area is 124 Å². The number of nitrogens with two attached hydrogens (primary N) is 1. The molecule has 0 spiro atoms. The molecule has 2 aromatic rings. The minimum absolute atomic E-state index is 0.0433. The Bertz CT molecular complexity index is 599. The van der Waals surface area contributed by atoms with E-state index in [1.165, 1.54) is 0 Å². The third-order valence-corrected chi connectivity index (χ3v) is 3.46. The first-order valence-corrected chi connectivity index (χ1v) is 6.88. The first-order valence-electron chi connectivity index (χ1n) is 6.50. The van der Waals surface area contributed by atoms with Crippen LogP contribution < -0.4 is 5.73 Å². The van der Waals surface area contributed by atoms with Crippen LogP contribution in [0.25, 0.3) is 0 Å². The molecule has 0 heterocycles. The fourth-order valence-corrected chi connectivity index (χ4v) is 2.15. The number of nitrogens with zero attached hydrogens (tertiary/aromatic N) is 1. The third kappa shape index (κ3) is 3.31. The monoisotopic (exact) mass is 288 g/mol. The Morgan fingerprint density at radius 1 is 1.20 bits per heavy atom. The van der Waals surface area contributed by atoms with Crippen molar-refractivity contribution in [3.8, 4) is 0 Å². The summed E-state index contributed by atoms with van der Waals surface area (Å²) < 4.78 is 0. The highest BCUT2D eigenvalue weighted by Gasteiger charge is 2.15. The molecule has 0 saturated carbocycles. The van der Waals surface area contributed by atoms with Crippen LogP contribution in [-0.4, -0.2) is 17.4 Å². The molecule has 0 saturated heterocycles. The number of carbonyl (C=O) groups is 1. The second-order valence-electron chi connectivity index (χ2n) is 4.54. The Balaban J connectivity index is 2.18. The van der Waals surface area contributed by atoms with Crippen LogP contribution in [0.3, 0.4) is 0 Å². The minimum atomic E-state index is -0.0433. The van der Waals surface area contributed by atoms with Crippen molar-refractivity contribution in [3.05, 3.63) is 64.7 Å². The molecule has 0 bridgehead atoms. The van der Waals surface area contributed by atoms with E-state index in [1.807, 2.05) is 37.3 Å². The molecule has 0 aliphatic heterocycles. The number of rotatable bonds is 4. The van der Waals surface area contributed by atoms with E-state index in [4.69, 9.17) is 17.3 Å². The van der Waals surface area contributed by atoms with Gasteiger partial charge in [0.2, 0.25) is 0 Å². The van der Waals surface area contributed by atoms with Crippen molar-refractivity contribution in [1.82, 2.24) is 4.90 Å². The summed E-state index contributed by atoms with van der Waals surface area (Å²) in [5, 5.41) is 0.409. The molecule has 0 aliphatic rings. The van der Waals surface area contributed by atoms with E-state index < -0.39 is 0 Å². The van der Waals surface area contributed by atoms with Gasteiger partial charge in [0.15, 0.2) is 0 Å². The summed E-state index contributed by atoms with van der Waals surface area (Å²) in [4.78, 5) is 14.2. The number of benzene rings is 2. The molecular weight excluding hydrogens is 272 g/mol. The molecule has 0 aromatic heterocycles. The maximum atomic E-state index is 12.5. The largest absolute Gasteiger partial charge is 0.398 e. The zero-order valence-corrected chi connectivity index (χ0v) is 12.1. The molecule has 3 nitrogen and oxygen atoms in total. The summed E-state index contributed by atoms with van der Waals surface area (Å²) in [6, 6.07) is 14.9. The van der Waals surface area contributed by atoms with E-state index in [0.29, 0.717) is 29.4 Å². The number of amides is 1. The van der Waals surface area contributed by atoms with E-state index in [-0.39, 0.29) is 5.91 Å². The van der Waals surface area contributed by atoms with Gasteiger partial charge in [0.05, 0.1) is 10.7 Å². The molecule has 0 fully saturated rings. The van der Waals surface area contributed by atoms with Crippen LogP contribution in [-0.2, 0) is 6.54 Å². The molecular formula is C16H17ClN2O. The second-order valence-corrected chi connectivity index (χ2v) is 4.95. The lowest BCUT2D eigenvalue weighted by atomic mass is 10.1. The standard InChI is InChI=1S/C16H17ClN2O/c1-2-19(11-12-6-4-3-5-7-12)16(20)13-8-9-15(18)14(17)10-13/h3-10H,2,11,18H2,1H3. The first kappa shape index (κ1) is 14.4. The van der Waals surface area contributed by atoms with Gasteiger partial charge in [0.1, 0.15) is 0 Å². The molecule has 1 amide bonds. The van der Waals surface area contributed by atoms with Gasteiger partial charge >= 0.3 is 0 Å². The van der Waals surface area contributed by atoms with Gasteiger partial charge in [0, 0.05) is 18.7 Å². The molecule has 0 aliphatic carbocycles. The van der Waals surface area contributed by atoms with Crippen LogP contribution in [0, 0.1) is 0 Å². The Morgan fingerprint density at radius 3 is 2.50 bits per heavy atom. The Morgan fingerprint density at radius 2 is 1.90 bits per heavy atom. The van der Waals surface area contributed by atoms with E-state index in [1.54, 1.807) is 23.1 Å². The molecule has 2 N–H and O–H groups in total. The van der Waals surface area contributed by atoms with Crippen LogP contribution in [0.1, 0.15) is 22.8 Å². The van der Waals surface area contributed by atoms with Gasteiger partial charge < -0.3 is 10.6 Å². The van der Waals surface area contributed by atoms with Gasteiger partial charge in [0.25, 0.3) is 5.91 Å². The zero-order chi connectivity index (χ0) is 14.5. The highest BCUT2D eigenvalue weighted by atomic mass is 35.5. The Kier molecular flexibility index (Phi) is 4.64. The highest BCUT2D eigenvalue weighted by molar-refractivity contribution is 6.33. The molecule has 0 radical (unpaired) electrons. The smallest absolute Gasteiger partial charge is 0.254 e. The van der Waals surface area contributed by atoms with Crippen molar-refractivity contribution in [2.75, 3.05) is 12.3 Å². The number of anilines is 1. The first-order chi connectivity index (χ1) is 9.61. The van der Waals surface area contributed by atoms with E-state index in [9.17, 15) is 4.79 Å². The maximum absolute atomic E-state index is 12.5. The SMILES string of the molecule is CCN(Cc1ccccc1)C(=O)c1ccc(N)c(Cl)c1. The lowest BCUT2D eigenvalue weighted by molar-refractivity contribution is 0.0752. The van der Waals surface area contributed by atoms with Crippen LogP contribution >= 0.6 is 11.6 Å². The summed E-state index contributed by atoms with van der Waals surface area (Å²) in [6.07, 6.45) is 0. The van der Waals surface area contributed by atoms with Crippen LogP contribution in [0.5, 0.6) is 0 Å². The predicted octanol–water partition coefficient (Wildman–Crippen LogP) is 3.58. The predicted molar refractivity (Wildman–Crippen MR) is 82.7 cm³/mol. The zero-order valence-electron chi connectivity index (χ0n) is 11.3. The van der Waals surface area contributed by atoms with Crippen molar-refractivity contribution in [3.63, 3.8) is 0 Å². The summed E-state index contributed by atoms with van der Waals surface area (Å²) in [6.45, 7) is 3.17. The van der Waals surface area contributed by atoms with Crippen LogP contribution in [0.2, 0.25) is 5.02 Å². The molecule has 0 unspecified atom stereocenters. The van der Waals surface area contributed by atoms with E-state index in [2.05, 4.69) is 0 Å². The van der Waals surface area contributed by atoms with Crippen molar-refractivity contribution in [1.29, 1.82) is 0 Å². The normalized spacial score (nSPS) is 10.3. The second kappa shape index (κ2) is 6.44. The number of nitrogen functional groups attached to an aromatic ring is 1. The number of hydrogen-bond donors (Lipinski definition) is 1. The van der Waals surface area contributed by atoms with Gasteiger partial charge in [-0.05, 0) is 30.7 Å². The molecule has 2 rings (SSSR count). The van der Waals surface area contributed by atoms with E-state index in [0.717, 1.165) is 5.56 Å². The Hall–Kier alpha value is -2.00. The highest BCUT2D eigenvalue weighted by Crippen LogP contribution is 2.21. The lowest BCUT2D eigenvalue weighted by Gasteiger charge is -2.21. The summed E-state index contributed by atoms with van der Waals surface area (Å²) >= 11 is 5.97. The van der Waals surface area contributed by atoms with E-state index >= 15 is 0 Å². The summed E-state index contributed by atoms with van der Waals surface area (Å²) in [5.74, 6) is -0.0433. The average Bonchev–Trinajstić information content (AvgIpc) is 2.48. The van der Waals surface area contributed by atoms with Crippen LogP contribution in [0.15, 0.2) is 48.5 Å². The molecule has 20 heavy (non-hydrogen) atoms. The van der Waals surface area contributed by atoms with Gasteiger partial charge in [-0.1, -0.05) is 41.9 Å². The fraction of sp³-hybridized carbons (Fsp3) is 0.188. The molecule has 0 atom stereocenters.